The van der Waals surface area contributed by atoms with E-state index >= 15 is 0 Å². The Morgan fingerprint density at radius 1 is 1.17 bits per heavy atom. The van der Waals surface area contributed by atoms with Crippen LogP contribution in [0, 0.1) is 0 Å². The second-order valence-electron chi connectivity index (χ2n) is 6.07. The largest absolute Gasteiger partial charge is 0.748 e. The minimum Gasteiger partial charge on any atom is -0.748 e. The molecule has 0 aliphatic carbocycles. The number of rotatable bonds is 5. The van der Waals surface area contributed by atoms with Gasteiger partial charge in [-0.3, -0.25) is 4.79 Å². The van der Waals surface area contributed by atoms with Gasteiger partial charge < -0.3 is 35.1 Å². The van der Waals surface area contributed by atoms with E-state index in [-0.39, 0.29) is 23.0 Å². The van der Waals surface area contributed by atoms with Crippen LogP contribution in [0.25, 0.3) is 0 Å². The Labute approximate surface area is 155 Å². The molecule has 0 bridgehead atoms. The summed E-state index contributed by atoms with van der Waals surface area (Å²) in [7, 11) is 0. The first-order valence-electron chi connectivity index (χ1n) is 7.64. The standard InChI is InChI=1S/C14H20ClO2.C5H5.Fe/c1-14(2,3)17-13(16)12-9-6-8-11(12)7-4-5-10-15;1-2-4-5-3-1;/h6,8-9H,4-5,7,10H2,1-3H3;1-5H;/q-1;-5;. The summed E-state index contributed by atoms with van der Waals surface area (Å²) in [4.78, 5) is 11.9. The van der Waals surface area contributed by atoms with Gasteiger partial charge in [0.25, 0.3) is 5.97 Å². The minimum atomic E-state index is -0.443. The summed E-state index contributed by atoms with van der Waals surface area (Å²) in [5.74, 6) is 0.436. The van der Waals surface area contributed by atoms with Gasteiger partial charge in [-0.15, -0.1) is 11.6 Å². The number of unbranched alkanes of at least 4 members (excludes halogenated alkanes) is 1. The summed E-state index contributed by atoms with van der Waals surface area (Å²) >= 11 is 5.64. The predicted molar refractivity (Wildman–Crippen MR) is 92.9 cm³/mol. The number of ether oxygens (including phenoxy) is 1. The van der Waals surface area contributed by atoms with Crippen LogP contribution >= 0.6 is 11.6 Å². The monoisotopic (exact) mass is 376 g/mol. The average molecular weight is 377 g/mol. The first-order valence-corrected chi connectivity index (χ1v) is 8.18. The maximum absolute atomic E-state index is 11.9. The number of carbonyl (C=O) groups excluding carboxylic acids is 1. The summed E-state index contributed by atoms with van der Waals surface area (Å²) < 4.78 is 5.36. The molecule has 2 rings (SSSR count). The second-order valence-corrected chi connectivity index (χ2v) is 6.45. The summed E-state index contributed by atoms with van der Waals surface area (Å²) in [6.07, 6.45) is 2.86. The van der Waals surface area contributed by atoms with Crippen LogP contribution < -0.4 is 0 Å². The fraction of sp³-hybridized carbons (Fsp3) is 0.421. The number of hydrogen-bond donors (Lipinski definition) is 0. The van der Waals surface area contributed by atoms with Gasteiger partial charge in [0.2, 0.25) is 0 Å². The Morgan fingerprint density at radius 3 is 2.22 bits per heavy atom. The van der Waals surface area contributed by atoms with Crippen LogP contribution in [0.4, 0.5) is 0 Å². The molecule has 0 aliphatic rings. The Balaban J connectivity index is 0.000000684. The Hall–Kier alpha value is -1.02. The molecule has 2 aromatic rings. The Bertz CT molecular complexity index is 507. The number of aryl methyl sites for hydroxylation is 1. The fourth-order valence-electron chi connectivity index (χ4n) is 1.94. The number of esters is 1. The molecular weight excluding hydrogens is 352 g/mol. The maximum atomic E-state index is 11.9. The average Bonchev–Trinajstić information content (AvgIpc) is 3.11. The smallest absolute Gasteiger partial charge is 0.281 e. The van der Waals surface area contributed by atoms with Gasteiger partial charge >= 0.3 is 0 Å². The van der Waals surface area contributed by atoms with Crippen LogP contribution in [0.2, 0.25) is 0 Å². The van der Waals surface area contributed by atoms with Gasteiger partial charge in [0.05, 0.1) is 0 Å². The van der Waals surface area contributed by atoms with E-state index in [4.69, 9.17) is 16.3 Å². The second kappa shape index (κ2) is 11.5. The van der Waals surface area contributed by atoms with Crippen molar-refractivity contribution in [1.82, 2.24) is 0 Å². The van der Waals surface area contributed by atoms with Crippen molar-refractivity contribution in [2.45, 2.75) is 45.6 Å². The van der Waals surface area contributed by atoms with Gasteiger partial charge in [-0.2, -0.15) is 11.6 Å². The third kappa shape index (κ3) is 9.65. The van der Waals surface area contributed by atoms with E-state index in [2.05, 4.69) is 0 Å². The summed E-state index contributed by atoms with van der Waals surface area (Å²) in [6.45, 7) is 5.63. The summed E-state index contributed by atoms with van der Waals surface area (Å²) in [5.41, 5.74) is 1.31. The number of alkyl halides is 1. The van der Waals surface area contributed by atoms with Crippen molar-refractivity contribution < 1.29 is 26.6 Å². The summed E-state index contributed by atoms with van der Waals surface area (Å²) in [6, 6.07) is 15.7. The third-order valence-electron chi connectivity index (χ3n) is 2.91. The molecule has 0 unspecified atom stereocenters. The summed E-state index contributed by atoms with van der Waals surface area (Å²) in [5, 5.41) is 0. The van der Waals surface area contributed by atoms with Crippen molar-refractivity contribution in [1.29, 1.82) is 0 Å². The molecule has 0 amide bonds. The quantitative estimate of drug-likeness (QED) is 0.232. The van der Waals surface area contributed by atoms with Gasteiger partial charge in [0.1, 0.15) is 5.60 Å². The molecule has 134 valence electrons. The molecule has 0 heterocycles. The third-order valence-corrected chi connectivity index (χ3v) is 3.18. The molecule has 0 aromatic heterocycles. The van der Waals surface area contributed by atoms with Crippen LogP contribution in [-0.4, -0.2) is 17.5 Å². The number of halogens is 1. The van der Waals surface area contributed by atoms with Crippen molar-refractivity contribution in [2.75, 3.05) is 5.88 Å². The first kappa shape index (κ1) is 22.0. The van der Waals surface area contributed by atoms with Gasteiger partial charge in [0.15, 0.2) is 0 Å². The zero-order valence-corrected chi connectivity index (χ0v) is 15.9. The van der Waals surface area contributed by atoms with Crippen molar-refractivity contribution in [3.8, 4) is 0 Å². The zero-order valence-electron chi connectivity index (χ0n) is 14.0. The van der Waals surface area contributed by atoms with Gasteiger partial charge in [-0.05, 0) is 32.8 Å². The first-order chi connectivity index (χ1) is 10.4. The number of carbonyl (C=O) groups is 1. The van der Waals surface area contributed by atoms with Gasteiger partial charge in [-0.25, -0.2) is 12.1 Å². The predicted octanol–water partition coefficient (Wildman–Crippen LogP) is 5.33. The van der Waals surface area contributed by atoms with Crippen LogP contribution in [-0.2, 0) is 28.2 Å². The molecule has 0 radical (unpaired) electrons. The normalized spacial score (nSPS) is 10.3. The zero-order chi connectivity index (χ0) is 16.4. The van der Waals surface area contributed by atoms with Crippen LogP contribution in [0.1, 0.15) is 49.5 Å². The van der Waals surface area contributed by atoms with E-state index in [1.54, 1.807) is 0 Å². The topological polar surface area (TPSA) is 26.3 Å². The van der Waals surface area contributed by atoms with Crippen LogP contribution in [0.3, 0.4) is 0 Å². The molecule has 0 fully saturated rings. The van der Waals surface area contributed by atoms with Crippen molar-refractivity contribution >= 4 is 17.6 Å². The maximum Gasteiger partial charge on any atom is 0.281 e. The van der Waals surface area contributed by atoms with Crippen molar-refractivity contribution in [3.05, 3.63) is 59.7 Å². The molecule has 0 saturated carbocycles. The Kier molecular flexibility index (Phi) is 11.0. The van der Waals surface area contributed by atoms with E-state index in [1.165, 1.54) is 0 Å². The molecule has 2 aromatic carbocycles. The van der Waals surface area contributed by atoms with Gasteiger partial charge in [-0.1, -0.05) is 12.8 Å². The minimum absolute atomic E-state index is 0. The molecule has 2 nitrogen and oxygen atoms in total. The molecule has 0 atom stereocenters. The Morgan fingerprint density at radius 2 is 1.74 bits per heavy atom. The molecule has 0 saturated heterocycles. The van der Waals surface area contributed by atoms with E-state index < -0.39 is 5.60 Å². The fourth-order valence-corrected chi connectivity index (χ4v) is 2.13. The van der Waals surface area contributed by atoms with E-state index in [0.29, 0.717) is 11.4 Å². The molecule has 4 heteroatoms. The molecule has 23 heavy (non-hydrogen) atoms. The van der Waals surface area contributed by atoms with Crippen molar-refractivity contribution in [2.24, 2.45) is 0 Å². The van der Waals surface area contributed by atoms with E-state index in [0.717, 1.165) is 24.8 Å². The van der Waals surface area contributed by atoms with E-state index in [9.17, 15) is 4.79 Å². The molecule has 0 aliphatic heterocycles. The van der Waals surface area contributed by atoms with Crippen LogP contribution in [0.5, 0.6) is 0 Å². The molecule has 0 spiro atoms. The SMILES string of the molecule is CC(C)(C)OC(=O)[c-]1cccc1CCCCCl.[Fe].[cH-]1[cH-][cH-][cH-][cH-]1. The molecule has 0 N–H and O–H groups in total. The van der Waals surface area contributed by atoms with Crippen molar-refractivity contribution in [3.63, 3.8) is 0 Å². The van der Waals surface area contributed by atoms with Crippen LogP contribution in [0.15, 0.2) is 48.5 Å². The number of hydrogen-bond acceptors (Lipinski definition) is 2. The van der Waals surface area contributed by atoms with Gasteiger partial charge in [0, 0.05) is 22.9 Å². The molecular formula is C19H25ClFeO2-6. The van der Waals surface area contributed by atoms with E-state index in [1.807, 2.05) is 69.3 Å².